The molecule has 1 aromatic carbocycles. The maximum atomic E-state index is 12.3. The molecule has 0 aromatic heterocycles. The highest BCUT2D eigenvalue weighted by Gasteiger charge is 2.13. The minimum Gasteiger partial charge on any atom is -0.330 e. The van der Waals surface area contributed by atoms with E-state index >= 15 is 0 Å². The molecule has 0 spiro atoms. The van der Waals surface area contributed by atoms with Gasteiger partial charge in [0, 0.05) is 0 Å². The highest BCUT2D eigenvalue weighted by atomic mass is 32.2. The van der Waals surface area contributed by atoms with E-state index in [4.69, 9.17) is 5.73 Å². The van der Waals surface area contributed by atoms with Crippen LogP contribution in [0.5, 0.6) is 0 Å². The minimum absolute atomic E-state index is 0.281. The fraction of sp³-hybridized carbons (Fsp3) is 0.760. The van der Waals surface area contributed by atoms with Crippen LogP contribution in [0.4, 0.5) is 0 Å². The summed E-state index contributed by atoms with van der Waals surface area (Å²) in [6.07, 6.45) is 20.4. The first-order valence-electron chi connectivity index (χ1n) is 12.1. The Hall–Kier alpha value is -0.870. The lowest BCUT2D eigenvalue weighted by Crippen LogP contribution is -2.06. The monoisotopic (exact) mass is 423 g/mol. The third-order valence-corrected chi connectivity index (χ3v) is 7.56. The third kappa shape index (κ3) is 13.9. The second-order valence-corrected chi connectivity index (χ2v) is 10.7. The molecule has 0 aliphatic rings. The van der Waals surface area contributed by atoms with Crippen molar-refractivity contribution >= 4 is 9.84 Å². The van der Waals surface area contributed by atoms with Crippen LogP contribution in [0.2, 0.25) is 0 Å². The van der Waals surface area contributed by atoms with Gasteiger partial charge < -0.3 is 5.73 Å². The highest BCUT2D eigenvalue weighted by Crippen LogP contribution is 2.16. The van der Waals surface area contributed by atoms with Gasteiger partial charge in [0.1, 0.15) is 0 Å². The predicted octanol–water partition coefficient (Wildman–Crippen LogP) is 6.97. The van der Waals surface area contributed by atoms with E-state index in [0.29, 0.717) is 4.90 Å². The van der Waals surface area contributed by atoms with E-state index < -0.39 is 9.84 Å². The highest BCUT2D eigenvalue weighted by molar-refractivity contribution is 7.91. The first-order chi connectivity index (χ1) is 14.1. The molecule has 0 fully saturated rings. The molecular formula is C25H45NO2S. The zero-order valence-corrected chi connectivity index (χ0v) is 19.7. The fourth-order valence-corrected chi connectivity index (χ4v) is 5.15. The largest absolute Gasteiger partial charge is 0.330 e. The summed E-state index contributed by atoms with van der Waals surface area (Å²) in [6.45, 7) is 2.82. The van der Waals surface area contributed by atoms with Crippen molar-refractivity contribution in [3.8, 4) is 0 Å². The maximum Gasteiger partial charge on any atom is 0.178 e. The van der Waals surface area contributed by atoms with E-state index in [-0.39, 0.29) is 5.75 Å². The van der Waals surface area contributed by atoms with Crippen LogP contribution in [-0.4, -0.2) is 20.7 Å². The van der Waals surface area contributed by atoms with Crippen molar-refractivity contribution in [2.75, 3.05) is 12.3 Å². The van der Waals surface area contributed by atoms with Gasteiger partial charge in [0.25, 0.3) is 0 Å². The van der Waals surface area contributed by atoms with Crippen molar-refractivity contribution in [2.24, 2.45) is 5.73 Å². The molecule has 0 atom stereocenters. The van der Waals surface area contributed by atoms with Gasteiger partial charge in [-0.2, -0.15) is 0 Å². The summed E-state index contributed by atoms with van der Waals surface area (Å²) >= 11 is 0. The van der Waals surface area contributed by atoms with Crippen LogP contribution >= 0.6 is 0 Å². The molecule has 0 saturated carbocycles. The molecule has 0 amide bonds. The number of aryl methyl sites for hydroxylation is 1. The minimum atomic E-state index is -3.10. The number of nitrogens with two attached hydrogens (primary N) is 1. The Labute approximate surface area is 180 Å². The van der Waals surface area contributed by atoms with Crippen molar-refractivity contribution < 1.29 is 8.42 Å². The predicted molar refractivity (Wildman–Crippen MR) is 126 cm³/mol. The van der Waals surface area contributed by atoms with Gasteiger partial charge in [0.15, 0.2) is 9.84 Å². The number of hydrogen-bond donors (Lipinski definition) is 1. The summed E-state index contributed by atoms with van der Waals surface area (Å²) in [6, 6.07) is 7.21. The Bertz CT molecular complexity index is 596. The molecule has 29 heavy (non-hydrogen) atoms. The zero-order chi connectivity index (χ0) is 21.2. The summed E-state index contributed by atoms with van der Waals surface area (Å²) < 4.78 is 24.6. The first kappa shape index (κ1) is 26.2. The topological polar surface area (TPSA) is 60.2 Å². The molecule has 0 unspecified atom stereocenters. The van der Waals surface area contributed by atoms with Crippen LogP contribution in [0, 0.1) is 6.92 Å². The average Bonchev–Trinajstić information content (AvgIpc) is 2.70. The summed E-state index contributed by atoms with van der Waals surface area (Å²) in [5.41, 5.74) is 6.60. The second-order valence-electron chi connectivity index (χ2n) is 8.58. The van der Waals surface area contributed by atoms with Crippen LogP contribution in [-0.2, 0) is 9.84 Å². The van der Waals surface area contributed by atoms with Crippen LogP contribution in [0.25, 0.3) is 0 Å². The normalized spacial score (nSPS) is 11.8. The summed E-state index contributed by atoms with van der Waals surface area (Å²) in [4.78, 5) is 0.467. The molecule has 0 saturated heterocycles. The first-order valence-corrected chi connectivity index (χ1v) is 13.7. The SMILES string of the molecule is Cc1ccc(S(=O)(=O)CCCCCCCCCCCCCCCCCCN)cc1. The molecular weight excluding hydrogens is 378 g/mol. The van der Waals surface area contributed by atoms with Gasteiger partial charge in [0.05, 0.1) is 10.6 Å². The quantitative estimate of drug-likeness (QED) is 0.244. The Morgan fingerprint density at radius 3 is 1.31 bits per heavy atom. The summed E-state index contributed by atoms with van der Waals surface area (Å²) in [7, 11) is -3.10. The van der Waals surface area contributed by atoms with Crippen molar-refractivity contribution in [3.63, 3.8) is 0 Å². The van der Waals surface area contributed by atoms with E-state index in [1.807, 2.05) is 19.1 Å². The van der Waals surface area contributed by atoms with Crippen LogP contribution in [0.15, 0.2) is 29.2 Å². The summed E-state index contributed by atoms with van der Waals surface area (Å²) in [5, 5.41) is 0. The molecule has 0 heterocycles. The van der Waals surface area contributed by atoms with Crippen molar-refractivity contribution in [3.05, 3.63) is 29.8 Å². The maximum absolute atomic E-state index is 12.3. The number of sulfone groups is 1. The summed E-state index contributed by atoms with van der Waals surface area (Å²) in [5.74, 6) is 0.281. The van der Waals surface area contributed by atoms with Crippen LogP contribution in [0.3, 0.4) is 0 Å². The molecule has 0 radical (unpaired) electrons. The third-order valence-electron chi connectivity index (χ3n) is 5.75. The number of rotatable bonds is 19. The fourth-order valence-electron chi connectivity index (χ4n) is 3.77. The van der Waals surface area contributed by atoms with Gasteiger partial charge in [-0.25, -0.2) is 8.42 Å². The molecule has 1 aromatic rings. The zero-order valence-electron chi connectivity index (χ0n) is 18.8. The lowest BCUT2D eigenvalue weighted by atomic mass is 10.0. The van der Waals surface area contributed by atoms with Gasteiger partial charge in [-0.05, 0) is 38.4 Å². The molecule has 3 nitrogen and oxygen atoms in total. The van der Waals surface area contributed by atoms with Crippen molar-refractivity contribution in [1.82, 2.24) is 0 Å². The van der Waals surface area contributed by atoms with E-state index in [2.05, 4.69) is 0 Å². The molecule has 0 aliphatic heterocycles. The van der Waals surface area contributed by atoms with Gasteiger partial charge in [-0.1, -0.05) is 108 Å². The molecule has 4 heteroatoms. The number of benzene rings is 1. The van der Waals surface area contributed by atoms with Crippen molar-refractivity contribution in [2.45, 2.75) is 115 Å². The Morgan fingerprint density at radius 1 is 0.586 bits per heavy atom. The molecule has 168 valence electrons. The Balaban J connectivity index is 1.86. The molecule has 0 bridgehead atoms. The van der Waals surface area contributed by atoms with Crippen LogP contribution in [0.1, 0.15) is 108 Å². The Kier molecular flexibility index (Phi) is 15.2. The van der Waals surface area contributed by atoms with Gasteiger partial charge in [0.2, 0.25) is 0 Å². The lowest BCUT2D eigenvalue weighted by Gasteiger charge is -2.05. The van der Waals surface area contributed by atoms with Crippen LogP contribution < -0.4 is 5.73 Å². The van der Waals surface area contributed by atoms with Gasteiger partial charge in [-0.3, -0.25) is 0 Å². The van der Waals surface area contributed by atoms with E-state index in [0.717, 1.165) is 31.4 Å². The smallest absolute Gasteiger partial charge is 0.178 e. The van der Waals surface area contributed by atoms with Gasteiger partial charge in [-0.15, -0.1) is 0 Å². The second kappa shape index (κ2) is 16.9. The lowest BCUT2D eigenvalue weighted by molar-refractivity contribution is 0.529. The molecule has 1 rings (SSSR count). The molecule has 2 N–H and O–H groups in total. The van der Waals surface area contributed by atoms with E-state index in [1.165, 1.54) is 83.5 Å². The standard InChI is InChI=1S/C25H45NO2S/c1-24-18-20-25(21-19-24)29(27,28)23-17-15-13-11-9-7-5-3-2-4-6-8-10-12-14-16-22-26/h18-21H,2-17,22-23,26H2,1H3. The Morgan fingerprint density at radius 2 is 0.931 bits per heavy atom. The molecule has 0 aliphatic carbocycles. The van der Waals surface area contributed by atoms with Gasteiger partial charge >= 0.3 is 0 Å². The van der Waals surface area contributed by atoms with Crippen molar-refractivity contribution in [1.29, 1.82) is 0 Å². The van der Waals surface area contributed by atoms with E-state index in [9.17, 15) is 8.42 Å². The number of unbranched alkanes of at least 4 members (excludes halogenated alkanes) is 15. The van der Waals surface area contributed by atoms with E-state index in [1.54, 1.807) is 12.1 Å². The number of hydrogen-bond acceptors (Lipinski definition) is 3. The average molecular weight is 424 g/mol.